The van der Waals surface area contributed by atoms with Crippen molar-refractivity contribution in [2.75, 3.05) is 25.1 Å². The van der Waals surface area contributed by atoms with Gasteiger partial charge in [0.25, 0.3) is 0 Å². The Morgan fingerprint density at radius 3 is 2.41 bits per heavy atom. The maximum atomic E-state index is 13.2. The van der Waals surface area contributed by atoms with Gasteiger partial charge in [-0.25, -0.2) is 4.39 Å². The van der Waals surface area contributed by atoms with Crippen LogP contribution >= 0.6 is 23.2 Å². The van der Waals surface area contributed by atoms with Crippen LogP contribution in [-0.2, 0) is 4.74 Å². The number of hydrogen-bond acceptors (Lipinski definition) is 2. The molecule has 0 radical (unpaired) electrons. The molecule has 1 saturated heterocycles. The minimum atomic E-state index is -0.565. The summed E-state index contributed by atoms with van der Waals surface area (Å²) in [6.07, 6.45) is 2.10. The van der Waals surface area contributed by atoms with E-state index in [9.17, 15) is 4.39 Å². The van der Waals surface area contributed by atoms with E-state index in [0.29, 0.717) is 5.92 Å². The fourth-order valence-corrected chi connectivity index (χ4v) is 2.36. The molecule has 1 fully saturated rings. The summed E-state index contributed by atoms with van der Waals surface area (Å²) in [5.74, 6) is 0.0244. The van der Waals surface area contributed by atoms with Crippen molar-refractivity contribution in [1.29, 1.82) is 0 Å². The largest absolute Gasteiger partial charge is 0.385 e. The van der Waals surface area contributed by atoms with E-state index in [1.807, 2.05) is 0 Å². The third kappa shape index (κ3) is 3.47. The summed E-state index contributed by atoms with van der Waals surface area (Å²) in [6.45, 7) is 2.47. The molecule has 1 heterocycles. The number of hydrogen-bond donors (Lipinski definition) is 1. The number of nitrogens with one attached hydrogen (secondary N) is 1. The van der Waals surface area contributed by atoms with E-state index >= 15 is 0 Å². The summed E-state index contributed by atoms with van der Waals surface area (Å²) in [6, 6.07) is 3.12. The summed E-state index contributed by atoms with van der Waals surface area (Å²) >= 11 is 11.4. The topological polar surface area (TPSA) is 21.3 Å². The predicted octanol–water partition coefficient (Wildman–Crippen LogP) is 3.97. The van der Waals surface area contributed by atoms with Crippen LogP contribution in [0.3, 0.4) is 0 Å². The molecular formula is C12H14Cl2FNO. The highest BCUT2D eigenvalue weighted by atomic mass is 35.5. The van der Waals surface area contributed by atoms with Crippen LogP contribution in [0.25, 0.3) is 0 Å². The summed E-state index contributed by atoms with van der Waals surface area (Å²) in [7, 11) is 0. The van der Waals surface area contributed by atoms with Crippen LogP contribution in [-0.4, -0.2) is 19.8 Å². The standard InChI is InChI=1S/C12H14Cl2FNO/c13-10-5-9(6-11(14)12(10)15)16-7-8-1-3-17-4-2-8/h5-6,8,16H,1-4,7H2. The predicted molar refractivity (Wildman–Crippen MR) is 68.5 cm³/mol. The highest BCUT2D eigenvalue weighted by Crippen LogP contribution is 2.27. The molecule has 0 bridgehead atoms. The first-order valence-corrected chi connectivity index (χ1v) is 6.38. The molecule has 1 aliphatic heterocycles. The Balaban J connectivity index is 1.94. The summed E-state index contributed by atoms with van der Waals surface area (Å²) in [4.78, 5) is 0. The maximum absolute atomic E-state index is 13.2. The average molecular weight is 278 g/mol. The molecule has 0 spiro atoms. The summed E-state index contributed by atoms with van der Waals surface area (Å²) < 4.78 is 18.5. The number of ether oxygens (including phenoxy) is 1. The quantitative estimate of drug-likeness (QED) is 0.845. The van der Waals surface area contributed by atoms with Crippen molar-refractivity contribution in [3.05, 3.63) is 28.0 Å². The second-order valence-electron chi connectivity index (χ2n) is 4.19. The van der Waals surface area contributed by atoms with E-state index in [-0.39, 0.29) is 10.0 Å². The normalized spacial score (nSPS) is 17.1. The summed E-state index contributed by atoms with van der Waals surface area (Å²) in [5, 5.41) is 3.33. The molecule has 1 aliphatic rings. The van der Waals surface area contributed by atoms with Crippen molar-refractivity contribution in [3.63, 3.8) is 0 Å². The third-order valence-corrected chi connectivity index (χ3v) is 3.47. The minimum absolute atomic E-state index is 0.0481. The van der Waals surface area contributed by atoms with Crippen LogP contribution in [0.4, 0.5) is 10.1 Å². The molecule has 1 N–H and O–H groups in total. The highest BCUT2D eigenvalue weighted by Gasteiger charge is 2.14. The molecule has 0 aliphatic carbocycles. The van der Waals surface area contributed by atoms with Crippen LogP contribution in [0.5, 0.6) is 0 Å². The highest BCUT2D eigenvalue weighted by molar-refractivity contribution is 6.35. The Labute approximate surface area is 110 Å². The van der Waals surface area contributed by atoms with Gasteiger partial charge < -0.3 is 10.1 Å². The maximum Gasteiger partial charge on any atom is 0.160 e. The SMILES string of the molecule is Fc1c(Cl)cc(NCC2CCOCC2)cc1Cl. The van der Waals surface area contributed by atoms with Crippen molar-refractivity contribution in [2.45, 2.75) is 12.8 Å². The van der Waals surface area contributed by atoms with Gasteiger partial charge >= 0.3 is 0 Å². The molecule has 0 aromatic heterocycles. The van der Waals surface area contributed by atoms with Gasteiger partial charge in [0.2, 0.25) is 0 Å². The van der Waals surface area contributed by atoms with Gasteiger partial charge in [0.15, 0.2) is 5.82 Å². The van der Waals surface area contributed by atoms with Crippen LogP contribution < -0.4 is 5.32 Å². The van der Waals surface area contributed by atoms with Crippen molar-refractivity contribution < 1.29 is 9.13 Å². The van der Waals surface area contributed by atoms with Gasteiger partial charge in [-0.15, -0.1) is 0 Å². The van der Waals surface area contributed by atoms with Gasteiger partial charge in [-0.05, 0) is 30.9 Å². The Morgan fingerprint density at radius 1 is 1.24 bits per heavy atom. The molecule has 0 unspecified atom stereocenters. The second kappa shape index (κ2) is 5.89. The molecule has 94 valence electrons. The fourth-order valence-electron chi connectivity index (χ4n) is 1.87. The van der Waals surface area contributed by atoms with E-state index in [4.69, 9.17) is 27.9 Å². The smallest absolute Gasteiger partial charge is 0.160 e. The van der Waals surface area contributed by atoms with E-state index in [1.165, 1.54) is 0 Å². The van der Waals surface area contributed by atoms with Crippen LogP contribution in [0.2, 0.25) is 10.0 Å². The van der Waals surface area contributed by atoms with E-state index in [0.717, 1.165) is 38.3 Å². The lowest BCUT2D eigenvalue weighted by atomic mass is 10.0. The molecule has 17 heavy (non-hydrogen) atoms. The van der Waals surface area contributed by atoms with Crippen molar-refractivity contribution >= 4 is 28.9 Å². The van der Waals surface area contributed by atoms with Gasteiger partial charge in [-0.1, -0.05) is 23.2 Å². The van der Waals surface area contributed by atoms with E-state index < -0.39 is 5.82 Å². The van der Waals surface area contributed by atoms with Crippen LogP contribution in [0, 0.1) is 11.7 Å². The Morgan fingerprint density at radius 2 is 1.82 bits per heavy atom. The Hall–Kier alpha value is -0.510. The van der Waals surface area contributed by atoms with Crippen molar-refractivity contribution in [3.8, 4) is 0 Å². The first-order chi connectivity index (χ1) is 8.16. The lowest BCUT2D eigenvalue weighted by molar-refractivity contribution is 0.0699. The zero-order valence-electron chi connectivity index (χ0n) is 9.31. The number of rotatable bonds is 3. The Bertz CT molecular complexity index is 371. The van der Waals surface area contributed by atoms with E-state index in [1.54, 1.807) is 12.1 Å². The fraction of sp³-hybridized carbons (Fsp3) is 0.500. The molecule has 1 aromatic carbocycles. The van der Waals surface area contributed by atoms with Gasteiger partial charge in [-0.2, -0.15) is 0 Å². The zero-order valence-corrected chi connectivity index (χ0v) is 10.8. The second-order valence-corrected chi connectivity index (χ2v) is 5.00. The van der Waals surface area contributed by atoms with Gasteiger partial charge in [0, 0.05) is 25.4 Å². The molecule has 5 heteroatoms. The first-order valence-electron chi connectivity index (χ1n) is 5.63. The lowest BCUT2D eigenvalue weighted by Crippen LogP contribution is -2.22. The molecule has 2 rings (SSSR count). The van der Waals surface area contributed by atoms with Crippen molar-refractivity contribution in [2.24, 2.45) is 5.92 Å². The lowest BCUT2D eigenvalue weighted by Gasteiger charge is -2.22. The Kier molecular flexibility index (Phi) is 4.48. The third-order valence-electron chi connectivity index (χ3n) is 2.92. The average Bonchev–Trinajstić information content (AvgIpc) is 2.34. The molecule has 2 nitrogen and oxygen atoms in total. The summed E-state index contributed by atoms with van der Waals surface area (Å²) in [5.41, 5.74) is 0.757. The van der Waals surface area contributed by atoms with Crippen LogP contribution in [0.15, 0.2) is 12.1 Å². The number of anilines is 1. The van der Waals surface area contributed by atoms with Crippen LogP contribution in [0.1, 0.15) is 12.8 Å². The zero-order chi connectivity index (χ0) is 12.3. The monoisotopic (exact) mass is 277 g/mol. The van der Waals surface area contributed by atoms with Gasteiger partial charge in [-0.3, -0.25) is 0 Å². The molecular weight excluding hydrogens is 264 g/mol. The molecule has 0 amide bonds. The number of benzene rings is 1. The minimum Gasteiger partial charge on any atom is -0.385 e. The van der Waals surface area contributed by atoms with Crippen molar-refractivity contribution in [1.82, 2.24) is 0 Å². The first kappa shape index (κ1) is 12.9. The molecule has 0 atom stereocenters. The van der Waals surface area contributed by atoms with Gasteiger partial charge in [0.05, 0.1) is 10.0 Å². The number of halogens is 3. The molecule has 1 aromatic rings. The van der Waals surface area contributed by atoms with E-state index in [2.05, 4.69) is 5.32 Å². The van der Waals surface area contributed by atoms with Gasteiger partial charge in [0.1, 0.15) is 0 Å². The molecule has 0 saturated carbocycles.